The fraction of sp³-hybridized carbons (Fsp3) is 0.176. The lowest BCUT2D eigenvalue weighted by atomic mass is 10.1. The normalized spacial score (nSPS) is 16.5. The summed E-state index contributed by atoms with van der Waals surface area (Å²) in [5.41, 5.74) is 6.11. The highest BCUT2D eigenvalue weighted by atomic mass is 32.1. The number of thiocarbonyl (C=S) groups is 1. The summed E-state index contributed by atoms with van der Waals surface area (Å²) in [5.74, 6) is 0.191. The van der Waals surface area contributed by atoms with Gasteiger partial charge in [0, 0.05) is 5.56 Å². The highest BCUT2D eigenvalue weighted by molar-refractivity contribution is 7.80. The monoisotopic (exact) mass is 311 g/mol. The van der Waals surface area contributed by atoms with Crippen molar-refractivity contribution in [2.75, 3.05) is 0 Å². The Morgan fingerprint density at radius 1 is 1.18 bits per heavy atom. The molecule has 4 nitrogen and oxygen atoms in total. The van der Waals surface area contributed by atoms with Crippen molar-refractivity contribution in [2.45, 2.75) is 18.9 Å². The Morgan fingerprint density at radius 3 is 2.82 bits per heavy atom. The molecule has 22 heavy (non-hydrogen) atoms. The fourth-order valence-electron chi connectivity index (χ4n) is 2.65. The highest BCUT2D eigenvalue weighted by Crippen LogP contribution is 2.30. The Morgan fingerprint density at radius 2 is 1.95 bits per heavy atom. The van der Waals surface area contributed by atoms with Crippen LogP contribution in [0.15, 0.2) is 53.6 Å². The van der Waals surface area contributed by atoms with Crippen molar-refractivity contribution >= 4 is 23.5 Å². The number of aryl methyl sites for hydroxylation is 1. The average molecular weight is 311 g/mol. The van der Waals surface area contributed by atoms with Crippen molar-refractivity contribution in [1.82, 2.24) is 10.7 Å². The van der Waals surface area contributed by atoms with E-state index in [1.54, 1.807) is 24.4 Å². The third-order valence-corrected chi connectivity index (χ3v) is 3.95. The molecule has 0 spiro atoms. The smallest absolute Gasteiger partial charge is 0.187 e. The van der Waals surface area contributed by atoms with Crippen LogP contribution in [0.1, 0.15) is 29.2 Å². The van der Waals surface area contributed by atoms with E-state index in [1.165, 1.54) is 11.1 Å². The van der Waals surface area contributed by atoms with Gasteiger partial charge in [-0.3, -0.25) is 5.43 Å². The van der Waals surface area contributed by atoms with Crippen LogP contribution in [0, 0.1) is 0 Å². The lowest BCUT2D eigenvalue weighted by Gasteiger charge is -2.15. The van der Waals surface area contributed by atoms with Crippen molar-refractivity contribution in [3.8, 4) is 5.75 Å². The van der Waals surface area contributed by atoms with Gasteiger partial charge in [-0.1, -0.05) is 36.4 Å². The van der Waals surface area contributed by atoms with Gasteiger partial charge in [0.15, 0.2) is 5.11 Å². The maximum atomic E-state index is 9.65. The molecule has 3 rings (SSSR count). The summed E-state index contributed by atoms with van der Waals surface area (Å²) in [4.78, 5) is 0. The van der Waals surface area contributed by atoms with Crippen molar-refractivity contribution in [2.24, 2.45) is 5.10 Å². The number of hydrogen-bond donors (Lipinski definition) is 3. The van der Waals surface area contributed by atoms with Crippen LogP contribution in [0.5, 0.6) is 5.75 Å². The first-order chi connectivity index (χ1) is 10.7. The van der Waals surface area contributed by atoms with Gasteiger partial charge in [-0.15, -0.1) is 0 Å². The van der Waals surface area contributed by atoms with Crippen LogP contribution in [-0.2, 0) is 6.42 Å². The molecule has 0 amide bonds. The molecule has 0 aromatic heterocycles. The number of hydrazone groups is 1. The van der Waals surface area contributed by atoms with Gasteiger partial charge in [0.2, 0.25) is 0 Å². The number of para-hydroxylation sites is 1. The molecule has 5 heteroatoms. The number of nitrogens with one attached hydrogen (secondary N) is 2. The van der Waals surface area contributed by atoms with E-state index < -0.39 is 0 Å². The number of hydrogen-bond acceptors (Lipinski definition) is 3. The average Bonchev–Trinajstić information content (AvgIpc) is 2.92. The quantitative estimate of drug-likeness (QED) is 0.463. The second-order valence-corrected chi connectivity index (χ2v) is 5.60. The SMILES string of the molecule is Oc1ccccc1/C=N/NC(=S)N[C@@H]1CCc2ccccc21. The molecule has 0 bridgehead atoms. The van der Waals surface area contributed by atoms with Crippen molar-refractivity contribution in [3.63, 3.8) is 0 Å². The third kappa shape index (κ3) is 3.26. The topological polar surface area (TPSA) is 56.7 Å². The maximum absolute atomic E-state index is 9.65. The van der Waals surface area contributed by atoms with E-state index in [1.807, 2.05) is 12.1 Å². The standard InChI is InChI=1S/C17H17N3OS/c21-16-8-4-2-6-13(16)11-18-20-17(22)19-15-10-9-12-5-1-3-7-14(12)15/h1-8,11,15,21H,9-10H2,(H2,19,20,22)/b18-11+/t15-/m1/s1. The molecule has 3 N–H and O–H groups in total. The summed E-state index contributed by atoms with van der Waals surface area (Å²) in [5, 5.41) is 17.5. The van der Waals surface area contributed by atoms with Gasteiger partial charge in [-0.25, -0.2) is 0 Å². The van der Waals surface area contributed by atoms with Gasteiger partial charge < -0.3 is 10.4 Å². The van der Waals surface area contributed by atoms with Gasteiger partial charge in [0.1, 0.15) is 5.75 Å². The Balaban J connectivity index is 1.57. The van der Waals surface area contributed by atoms with Crippen LogP contribution in [-0.4, -0.2) is 16.4 Å². The van der Waals surface area contributed by atoms with Crippen LogP contribution in [0.3, 0.4) is 0 Å². The van der Waals surface area contributed by atoms with Gasteiger partial charge in [-0.05, 0) is 48.3 Å². The second kappa shape index (κ2) is 6.58. The fourth-order valence-corrected chi connectivity index (χ4v) is 2.85. The largest absolute Gasteiger partial charge is 0.507 e. The molecule has 0 radical (unpaired) electrons. The van der Waals surface area contributed by atoms with Gasteiger partial charge in [0.05, 0.1) is 12.3 Å². The molecule has 0 saturated carbocycles. The van der Waals surface area contributed by atoms with Crippen LogP contribution >= 0.6 is 12.2 Å². The molecule has 0 aliphatic heterocycles. The van der Waals surface area contributed by atoms with Crippen LogP contribution < -0.4 is 10.7 Å². The minimum atomic E-state index is 0.191. The Labute approximate surface area is 134 Å². The minimum absolute atomic E-state index is 0.191. The molecule has 0 heterocycles. The zero-order chi connectivity index (χ0) is 15.4. The van der Waals surface area contributed by atoms with Gasteiger partial charge in [0.25, 0.3) is 0 Å². The number of rotatable bonds is 3. The number of phenols is 1. The van der Waals surface area contributed by atoms with Crippen LogP contribution in [0.25, 0.3) is 0 Å². The van der Waals surface area contributed by atoms with Crippen LogP contribution in [0.4, 0.5) is 0 Å². The van der Waals surface area contributed by atoms with E-state index in [0.29, 0.717) is 10.7 Å². The van der Waals surface area contributed by atoms with E-state index in [9.17, 15) is 5.11 Å². The lowest BCUT2D eigenvalue weighted by molar-refractivity contribution is 0.474. The summed E-state index contributed by atoms with van der Waals surface area (Å²) in [6.45, 7) is 0. The van der Waals surface area contributed by atoms with E-state index in [0.717, 1.165) is 12.8 Å². The predicted molar refractivity (Wildman–Crippen MR) is 92.1 cm³/mol. The van der Waals surface area contributed by atoms with Gasteiger partial charge >= 0.3 is 0 Å². The Hall–Kier alpha value is -2.40. The lowest BCUT2D eigenvalue weighted by Crippen LogP contribution is -2.34. The molecule has 2 aromatic carbocycles. The number of fused-ring (bicyclic) bond motifs is 1. The molecule has 1 atom stereocenters. The van der Waals surface area contributed by atoms with Crippen molar-refractivity contribution in [3.05, 3.63) is 65.2 Å². The highest BCUT2D eigenvalue weighted by Gasteiger charge is 2.21. The number of phenolic OH excluding ortho intramolecular Hbond substituents is 1. The first kappa shape index (κ1) is 14.5. The predicted octanol–water partition coefficient (Wildman–Crippen LogP) is 2.88. The van der Waals surface area contributed by atoms with Gasteiger partial charge in [-0.2, -0.15) is 5.10 Å². The summed E-state index contributed by atoms with van der Waals surface area (Å²) in [7, 11) is 0. The Kier molecular flexibility index (Phi) is 4.34. The number of nitrogens with zero attached hydrogens (tertiary/aromatic N) is 1. The molecule has 1 aliphatic carbocycles. The minimum Gasteiger partial charge on any atom is -0.507 e. The molecule has 1 aliphatic rings. The van der Waals surface area contributed by atoms with Crippen molar-refractivity contribution < 1.29 is 5.11 Å². The first-order valence-corrected chi connectivity index (χ1v) is 7.60. The zero-order valence-electron chi connectivity index (χ0n) is 12.0. The molecular formula is C17H17N3OS. The summed E-state index contributed by atoms with van der Waals surface area (Å²) < 4.78 is 0. The number of benzene rings is 2. The van der Waals surface area contributed by atoms with Crippen molar-refractivity contribution in [1.29, 1.82) is 0 Å². The molecule has 0 fully saturated rings. The molecule has 112 valence electrons. The summed E-state index contributed by atoms with van der Waals surface area (Å²) in [6, 6.07) is 15.6. The van der Waals surface area contributed by atoms with E-state index in [4.69, 9.17) is 12.2 Å². The third-order valence-electron chi connectivity index (χ3n) is 3.74. The Bertz CT molecular complexity index is 715. The molecule has 0 unspecified atom stereocenters. The first-order valence-electron chi connectivity index (χ1n) is 7.19. The number of aromatic hydroxyl groups is 1. The van der Waals surface area contributed by atoms with Crippen LogP contribution in [0.2, 0.25) is 0 Å². The van der Waals surface area contributed by atoms with E-state index in [-0.39, 0.29) is 11.8 Å². The molecule has 0 saturated heterocycles. The van der Waals surface area contributed by atoms with E-state index >= 15 is 0 Å². The van der Waals surface area contributed by atoms with E-state index in [2.05, 4.69) is 34.0 Å². The second-order valence-electron chi connectivity index (χ2n) is 5.19. The summed E-state index contributed by atoms with van der Waals surface area (Å²) >= 11 is 5.27. The zero-order valence-corrected chi connectivity index (χ0v) is 12.8. The molecule has 2 aromatic rings. The molecular weight excluding hydrogens is 294 g/mol. The summed E-state index contributed by atoms with van der Waals surface area (Å²) in [6.07, 6.45) is 3.65. The maximum Gasteiger partial charge on any atom is 0.187 e.